The highest BCUT2D eigenvalue weighted by Crippen LogP contribution is 2.27. The van der Waals surface area contributed by atoms with Gasteiger partial charge in [0.15, 0.2) is 0 Å². The summed E-state index contributed by atoms with van der Waals surface area (Å²) in [5.41, 5.74) is 3.78. The molecule has 3 aromatic rings. The number of carbonyl (C=O) groups is 1. The molecule has 25 heavy (non-hydrogen) atoms. The van der Waals surface area contributed by atoms with Crippen LogP contribution < -0.4 is 10.2 Å². The minimum Gasteiger partial charge on any atom is -0.339 e. The quantitative estimate of drug-likeness (QED) is 0.768. The molecule has 2 aromatic carbocycles. The molecule has 0 atom stereocenters. The standard InChI is InChI=1S/C19H18N4O2/c1-13-20-18(22-25-13)15-8-10-16(11-9-15)21-19(24)23-12-4-6-14-5-2-3-7-17(14)23/h2-3,5,7-11H,4,6,12H2,1H3,(H,21,24). The van der Waals surface area contributed by atoms with Gasteiger partial charge in [-0.3, -0.25) is 4.90 Å². The average Bonchev–Trinajstić information content (AvgIpc) is 3.08. The predicted molar refractivity (Wildman–Crippen MR) is 95.6 cm³/mol. The molecule has 0 saturated heterocycles. The van der Waals surface area contributed by atoms with Crippen molar-refractivity contribution in [1.29, 1.82) is 0 Å². The van der Waals surface area contributed by atoms with E-state index in [9.17, 15) is 4.79 Å². The van der Waals surface area contributed by atoms with E-state index in [1.54, 1.807) is 11.8 Å². The Morgan fingerprint density at radius 2 is 1.96 bits per heavy atom. The SMILES string of the molecule is Cc1nc(-c2ccc(NC(=O)N3CCCc4ccccc43)cc2)no1. The Hall–Kier alpha value is -3.15. The Morgan fingerprint density at radius 3 is 2.72 bits per heavy atom. The van der Waals surface area contributed by atoms with E-state index in [1.807, 2.05) is 42.5 Å². The molecule has 0 aliphatic carbocycles. The van der Waals surface area contributed by atoms with Gasteiger partial charge in [0, 0.05) is 30.4 Å². The van der Waals surface area contributed by atoms with Crippen LogP contribution in [0.5, 0.6) is 0 Å². The first kappa shape index (κ1) is 15.4. The van der Waals surface area contributed by atoms with Crippen molar-refractivity contribution in [1.82, 2.24) is 10.1 Å². The van der Waals surface area contributed by atoms with Crippen LogP contribution in [-0.4, -0.2) is 22.7 Å². The molecule has 6 heteroatoms. The number of benzene rings is 2. The first-order chi connectivity index (χ1) is 12.2. The van der Waals surface area contributed by atoms with E-state index < -0.39 is 0 Å². The molecule has 0 unspecified atom stereocenters. The van der Waals surface area contributed by atoms with Crippen LogP contribution in [0.1, 0.15) is 17.9 Å². The number of amides is 2. The Bertz CT molecular complexity index is 902. The fraction of sp³-hybridized carbons (Fsp3) is 0.211. The average molecular weight is 334 g/mol. The minimum absolute atomic E-state index is 0.115. The Morgan fingerprint density at radius 1 is 1.16 bits per heavy atom. The summed E-state index contributed by atoms with van der Waals surface area (Å²) >= 11 is 0. The lowest BCUT2D eigenvalue weighted by Crippen LogP contribution is -2.38. The normalized spacial score (nSPS) is 13.4. The summed E-state index contributed by atoms with van der Waals surface area (Å²) in [5.74, 6) is 1.07. The van der Waals surface area contributed by atoms with Crippen molar-refractivity contribution in [2.75, 3.05) is 16.8 Å². The van der Waals surface area contributed by atoms with Gasteiger partial charge in [0.2, 0.25) is 11.7 Å². The molecule has 126 valence electrons. The van der Waals surface area contributed by atoms with Gasteiger partial charge in [-0.15, -0.1) is 0 Å². The highest BCUT2D eigenvalue weighted by molar-refractivity contribution is 6.02. The number of hydrogen-bond acceptors (Lipinski definition) is 4. The number of fused-ring (bicyclic) bond motifs is 1. The summed E-state index contributed by atoms with van der Waals surface area (Å²) in [4.78, 5) is 18.7. The molecular weight excluding hydrogens is 316 g/mol. The van der Waals surface area contributed by atoms with Gasteiger partial charge in [0.1, 0.15) is 0 Å². The van der Waals surface area contributed by atoms with E-state index in [0.717, 1.165) is 36.3 Å². The van der Waals surface area contributed by atoms with Gasteiger partial charge in [-0.05, 0) is 48.7 Å². The third kappa shape index (κ3) is 3.10. The van der Waals surface area contributed by atoms with E-state index in [-0.39, 0.29) is 6.03 Å². The van der Waals surface area contributed by atoms with Crippen LogP contribution in [0.3, 0.4) is 0 Å². The van der Waals surface area contributed by atoms with Gasteiger partial charge in [-0.1, -0.05) is 23.4 Å². The van der Waals surface area contributed by atoms with Crippen LogP contribution in [0.2, 0.25) is 0 Å². The molecule has 6 nitrogen and oxygen atoms in total. The van der Waals surface area contributed by atoms with Crippen molar-refractivity contribution in [3.8, 4) is 11.4 Å². The Labute approximate surface area is 145 Å². The lowest BCUT2D eigenvalue weighted by Gasteiger charge is -2.29. The molecule has 0 saturated carbocycles. The van der Waals surface area contributed by atoms with Crippen molar-refractivity contribution in [3.05, 3.63) is 60.0 Å². The number of nitrogens with one attached hydrogen (secondary N) is 1. The van der Waals surface area contributed by atoms with E-state index in [0.29, 0.717) is 11.7 Å². The second-order valence-corrected chi connectivity index (χ2v) is 6.03. The monoisotopic (exact) mass is 334 g/mol. The van der Waals surface area contributed by atoms with Crippen molar-refractivity contribution in [2.24, 2.45) is 0 Å². The first-order valence-corrected chi connectivity index (χ1v) is 8.28. The van der Waals surface area contributed by atoms with Gasteiger partial charge < -0.3 is 9.84 Å². The zero-order valence-corrected chi connectivity index (χ0v) is 13.9. The molecule has 0 fully saturated rings. The molecule has 2 amide bonds. The largest absolute Gasteiger partial charge is 0.339 e. The number of hydrogen-bond donors (Lipinski definition) is 1. The van der Waals surface area contributed by atoms with Crippen LogP contribution in [0.4, 0.5) is 16.2 Å². The second-order valence-electron chi connectivity index (χ2n) is 6.03. The molecular formula is C19H18N4O2. The zero-order valence-electron chi connectivity index (χ0n) is 13.9. The van der Waals surface area contributed by atoms with Crippen LogP contribution in [0.25, 0.3) is 11.4 Å². The highest BCUT2D eigenvalue weighted by atomic mass is 16.5. The third-order valence-corrected chi connectivity index (χ3v) is 4.28. The van der Waals surface area contributed by atoms with E-state index >= 15 is 0 Å². The fourth-order valence-electron chi connectivity index (χ4n) is 3.05. The topological polar surface area (TPSA) is 71.3 Å². The molecule has 1 N–H and O–H groups in total. The van der Waals surface area contributed by atoms with Gasteiger partial charge in [-0.2, -0.15) is 4.98 Å². The number of para-hydroxylation sites is 1. The van der Waals surface area contributed by atoms with Gasteiger partial charge in [0.25, 0.3) is 0 Å². The fourth-order valence-corrected chi connectivity index (χ4v) is 3.05. The molecule has 1 aliphatic rings. The lowest BCUT2D eigenvalue weighted by molar-refractivity contribution is 0.256. The predicted octanol–water partition coefficient (Wildman–Crippen LogP) is 4.03. The lowest BCUT2D eigenvalue weighted by atomic mass is 10.0. The van der Waals surface area contributed by atoms with E-state index in [4.69, 9.17) is 4.52 Å². The molecule has 1 aliphatic heterocycles. The highest BCUT2D eigenvalue weighted by Gasteiger charge is 2.22. The number of urea groups is 1. The summed E-state index contributed by atoms with van der Waals surface area (Å²) < 4.78 is 4.99. The maximum Gasteiger partial charge on any atom is 0.326 e. The van der Waals surface area contributed by atoms with Crippen molar-refractivity contribution >= 4 is 17.4 Å². The summed E-state index contributed by atoms with van der Waals surface area (Å²) in [6.45, 7) is 2.48. The van der Waals surface area contributed by atoms with Crippen molar-refractivity contribution in [3.63, 3.8) is 0 Å². The Balaban J connectivity index is 1.50. The van der Waals surface area contributed by atoms with Crippen LogP contribution in [0, 0.1) is 6.92 Å². The zero-order chi connectivity index (χ0) is 17.2. The number of rotatable bonds is 2. The van der Waals surface area contributed by atoms with Crippen LogP contribution in [0.15, 0.2) is 53.1 Å². The van der Waals surface area contributed by atoms with Gasteiger partial charge >= 0.3 is 6.03 Å². The molecule has 0 spiro atoms. The second kappa shape index (κ2) is 6.39. The molecule has 1 aromatic heterocycles. The number of aromatic nitrogens is 2. The first-order valence-electron chi connectivity index (χ1n) is 8.28. The summed E-state index contributed by atoms with van der Waals surface area (Å²) in [6, 6.07) is 15.4. The maximum atomic E-state index is 12.7. The third-order valence-electron chi connectivity index (χ3n) is 4.28. The number of aryl methyl sites for hydroxylation is 2. The molecule has 2 heterocycles. The van der Waals surface area contributed by atoms with Gasteiger partial charge in [0.05, 0.1) is 0 Å². The van der Waals surface area contributed by atoms with Crippen LogP contribution >= 0.6 is 0 Å². The molecule has 0 radical (unpaired) electrons. The maximum absolute atomic E-state index is 12.7. The Kier molecular flexibility index (Phi) is 3.93. The van der Waals surface area contributed by atoms with Crippen LogP contribution in [-0.2, 0) is 6.42 Å². The number of nitrogens with zero attached hydrogens (tertiary/aromatic N) is 3. The summed E-state index contributed by atoms with van der Waals surface area (Å²) in [7, 11) is 0. The number of anilines is 2. The number of carbonyl (C=O) groups excluding carboxylic acids is 1. The van der Waals surface area contributed by atoms with E-state index in [1.165, 1.54) is 5.56 Å². The van der Waals surface area contributed by atoms with Gasteiger partial charge in [-0.25, -0.2) is 4.79 Å². The van der Waals surface area contributed by atoms with E-state index in [2.05, 4.69) is 21.5 Å². The summed E-state index contributed by atoms with van der Waals surface area (Å²) in [5, 5.41) is 6.85. The molecule has 0 bridgehead atoms. The summed E-state index contributed by atoms with van der Waals surface area (Å²) in [6.07, 6.45) is 1.99. The van der Waals surface area contributed by atoms with Crippen molar-refractivity contribution in [2.45, 2.75) is 19.8 Å². The van der Waals surface area contributed by atoms with Crippen molar-refractivity contribution < 1.29 is 9.32 Å². The smallest absolute Gasteiger partial charge is 0.326 e. The minimum atomic E-state index is -0.115. The molecule has 4 rings (SSSR count).